The quantitative estimate of drug-likeness (QED) is 0.0288. The number of aliphatic hydroxyl groups is 1. The molecular weight excluding hydrogens is 659 g/mol. The number of ether oxygens (including phenoxy) is 3. The third-order valence-electron chi connectivity index (χ3n) is 8.18. The molecule has 1 aliphatic heterocycles. The Bertz CT molecular complexity index is 1750. The highest BCUT2D eigenvalue weighted by Gasteiger charge is 2.48. The number of carbonyl (C=O) groups excluding carboxylic acids is 2. The van der Waals surface area contributed by atoms with Crippen molar-refractivity contribution in [3.63, 3.8) is 0 Å². The minimum absolute atomic E-state index is 0.0519. The van der Waals surface area contributed by atoms with Crippen molar-refractivity contribution in [1.29, 1.82) is 0 Å². The SMILES string of the molecule is CCCCCCOc1ccc(C2/C(=C(/O)c3ccc(OCCCC)cc3)C(=O)C(=O)N2c2nnc(SCc3ccc(C)cc3)s2)cc1OC. The van der Waals surface area contributed by atoms with E-state index in [2.05, 4.69) is 48.3 Å². The van der Waals surface area contributed by atoms with E-state index in [0.717, 1.165) is 44.1 Å². The molecule has 1 unspecified atom stereocenters. The molecule has 4 aromatic rings. The van der Waals surface area contributed by atoms with Crippen LogP contribution in [0.2, 0.25) is 0 Å². The van der Waals surface area contributed by atoms with Crippen LogP contribution in [0.25, 0.3) is 5.76 Å². The minimum atomic E-state index is -0.990. The van der Waals surface area contributed by atoms with Crippen molar-refractivity contribution in [2.75, 3.05) is 25.2 Å². The molecule has 1 aliphatic rings. The number of amides is 1. The van der Waals surface area contributed by atoms with E-state index in [-0.39, 0.29) is 16.5 Å². The van der Waals surface area contributed by atoms with Crippen LogP contribution in [0.4, 0.5) is 5.13 Å². The van der Waals surface area contributed by atoms with Gasteiger partial charge in [-0.1, -0.05) is 98.5 Å². The van der Waals surface area contributed by atoms with Crippen molar-refractivity contribution in [3.8, 4) is 17.2 Å². The molecule has 5 rings (SSSR count). The standard InChI is InChI=1S/C38H43N3O6S2/c1-5-7-9-10-22-47-30-20-17-28(23-31(30)45-4)33-32(34(42)27-15-18-29(19-16-27)46-21-8-6-2)35(43)36(44)41(33)37-39-40-38(49-37)48-24-26-13-11-25(3)12-14-26/h11-20,23,33,42H,5-10,21-22,24H2,1-4H3/b34-32-. The predicted molar refractivity (Wildman–Crippen MR) is 195 cm³/mol. The van der Waals surface area contributed by atoms with Crippen LogP contribution in [0.5, 0.6) is 17.2 Å². The first-order valence-electron chi connectivity index (χ1n) is 16.7. The van der Waals surface area contributed by atoms with Crippen molar-refractivity contribution in [2.45, 2.75) is 75.4 Å². The van der Waals surface area contributed by atoms with E-state index in [9.17, 15) is 14.7 Å². The second kappa shape index (κ2) is 17.3. The first-order valence-corrected chi connectivity index (χ1v) is 18.5. The Morgan fingerprint density at radius 1 is 0.878 bits per heavy atom. The summed E-state index contributed by atoms with van der Waals surface area (Å²) >= 11 is 2.73. The zero-order valence-corrected chi connectivity index (χ0v) is 30.1. The van der Waals surface area contributed by atoms with Gasteiger partial charge in [-0.15, -0.1) is 10.2 Å². The highest BCUT2D eigenvalue weighted by atomic mass is 32.2. The number of aliphatic hydroxyl groups excluding tert-OH is 1. The second-order valence-corrected chi connectivity index (χ2v) is 14.0. The van der Waals surface area contributed by atoms with Gasteiger partial charge in [-0.2, -0.15) is 0 Å². The molecule has 258 valence electrons. The summed E-state index contributed by atoms with van der Waals surface area (Å²) in [5, 5.41) is 20.6. The number of ketones is 1. The number of benzene rings is 3. The Morgan fingerprint density at radius 3 is 2.33 bits per heavy atom. The minimum Gasteiger partial charge on any atom is -0.507 e. The van der Waals surface area contributed by atoms with Crippen LogP contribution in [-0.4, -0.2) is 47.3 Å². The largest absolute Gasteiger partial charge is 0.507 e. The molecule has 1 fully saturated rings. The number of Topliss-reactive ketones (excluding diaryl/α,β-unsaturated/α-hetero) is 1. The van der Waals surface area contributed by atoms with Crippen LogP contribution in [0, 0.1) is 6.92 Å². The molecule has 0 aliphatic carbocycles. The van der Waals surface area contributed by atoms with Gasteiger partial charge in [0, 0.05) is 11.3 Å². The topological polar surface area (TPSA) is 111 Å². The van der Waals surface area contributed by atoms with E-state index < -0.39 is 17.7 Å². The summed E-state index contributed by atoms with van der Waals surface area (Å²) in [4.78, 5) is 28.9. The van der Waals surface area contributed by atoms with Crippen LogP contribution < -0.4 is 19.1 Å². The molecule has 49 heavy (non-hydrogen) atoms. The molecule has 1 saturated heterocycles. The normalized spacial score (nSPS) is 15.5. The monoisotopic (exact) mass is 701 g/mol. The fourth-order valence-corrected chi connectivity index (χ4v) is 7.24. The smallest absolute Gasteiger partial charge is 0.301 e. The molecule has 3 aromatic carbocycles. The van der Waals surface area contributed by atoms with Crippen molar-refractivity contribution in [2.24, 2.45) is 0 Å². The van der Waals surface area contributed by atoms with E-state index in [4.69, 9.17) is 14.2 Å². The number of unbranched alkanes of at least 4 members (excludes halogenated alkanes) is 4. The van der Waals surface area contributed by atoms with Crippen molar-refractivity contribution in [1.82, 2.24) is 10.2 Å². The predicted octanol–water partition coefficient (Wildman–Crippen LogP) is 8.91. The molecule has 11 heteroatoms. The molecule has 0 radical (unpaired) electrons. The van der Waals surface area contributed by atoms with Gasteiger partial charge in [-0.3, -0.25) is 14.5 Å². The van der Waals surface area contributed by atoms with Gasteiger partial charge in [-0.05, 0) is 67.3 Å². The zero-order valence-electron chi connectivity index (χ0n) is 28.4. The van der Waals surface area contributed by atoms with Crippen molar-refractivity contribution >= 4 is 45.7 Å². The number of carbonyl (C=O) groups is 2. The van der Waals surface area contributed by atoms with Gasteiger partial charge >= 0.3 is 5.91 Å². The lowest BCUT2D eigenvalue weighted by molar-refractivity contribution is -0.132. The second-order valence-electron chi connectivity index (χ2n) is 11.8. The fourth-order valence-electron chi connectivity index (χ4n) is 5.42. The molecule has 0 spiro atoms. The average Bonchev–Trinajstić information content (AvgIpc) is 3.69. The van der Waals surface area contributed by atoms with E-state index in [0.29, 0.717) is 51.7 Å². The zero-order chi connectivity index (χ0) is 34.8. The maximum absolute atomic E-state index is 13.8. The first-order chi connectivity index (χ1) is 23.8. The van der Waals surface area contributed by atoms with E-state index >= 15 is 0 Å². The number of methoxy groups -OCH3 is 1. The molecule has 0 bridgehead atoms. The fraction of sp³-hybridized carbons (Fsp3) is 0.368. The lowest BCUT2D eigenvalue weighted by Gasteiger charge is -2.23. The van der Waals surface area contributed by atoms with Gasteiger partial charge in [0.25, 0.3) is 5.78 Å². The third-order valence-corrected chi connectivity index (χ3v) is 10.3. The van der Waals surface area contributed by atoms with Gasteiger partial charge in [0.15, 0.2) is 15.8 Å². The van der Waals surface area contributed by atoms with E-state index in [1.165, 1.54) is 33.6 Å². The number of aromatic nitrogens is 2. The number of nitrogens with zero attached hydrogens (tertiary/aromatic N) is 3. The average molecular weight is 702 g/mol. The Morgan fingerprint density at radius 2 is 1.61 bits per heavy atom. The summed E-state index contributed by atoms with van der Waals surface area (Å²) in [6, 6.07) is 19.4. The Labute approximate surface area is 296 Å². The van der Waals surface area contributed by atoms with Crippen LogP contribution in [0.1, 0.15) is 80.7 Å². The Kier molecular flexibility index (Phi) is 12.7. The third kappa shape index (κ3) is 8.82. The van der Waals surface area contributed by atoms with Gasteiger partial charge in [0.1, 0.15) is 11.5 Å². The highest BCUT2D eigenvalue weighted by molar-refractivity contribution is 8.00. The molecule has 1 atom stereocenters. The summed E-state index contributed by atoms with van der Waals surface area (Å²) in [6.45, 7) is 7.42. The number of thioether (sulfide) groups is 1. The number of rotatable bonds is 17. The maximum atomic E-state index is 13.8. The van der Waals surface area contributed by atoms with Crippen LogP contribution in [0.15, 0.2) is 76.6 Å². The maximum Gasteiger partial charge on any atom is 0.301 e. The van der Waals surface area contributed by atoms with Crippen LogP contribution in [0.3, 0.4) is 0 Å². The summed E-state index contributed by atoms with van der Waals surface area (Å²) in [7, 11) is 1.55. The molecule has 2 heterocycles. The molecule has 1 aromatic heterocycles. The lowest BCUT2D eigenvalue weighted by Crippen LogP contribution is -2.29. The molecular formula is C38H43N3O6S2. The van der Waals surface area contributed by atoms with Gasteiger partial charge < -0.3 is 19.3 Å². The van der Waals surface area contributed by atoms with Gasteiger partial charge in [0.2, 0.25) is 5.13 Å². The molecule has 9 nitrogen and oxygen atoms in total. The van der Waals surface area contributed by atoms with Crippen LogP contribution >= 0.6 is 23.1 Å². The molecule has 0 saturated carbocycles. The first kappa shape index (κ1) is 35.9. The van der Waals surface area contributed by atoms with Crippen LogP contribution in [-0.2, 0) is 15.3 Å². The van der Waals surface area contributed by atoms with Gasteiger partial charge in [0.05, 0.1) is 31.9 Å². The summed E-state index contributed by atoms with van der Waals surface area (Å²) in [5.41, 5.74) is 3.20. The van der Waals surface area contributed by atoms with Crippen molar-refractivity contribution in [3.05, 3.63) is 94.6 Å². The van der Waals surface area contributed by atoms with Gasteiger partial charge in [-0.25, -0.2) is 0 Å². The molecule has 1 amide bonds. The van der Waals surface area contributed by atoms with Crippen molar-refractivity contribution < 1.29 is 28.9 Å². The summed E-state index contributed by atoms with van der Waals surface area (Å²) < 4.78 is 18.2. The van der Waals surface area contributed by atoms with E-state index in [1.807, 2.05) is 6.92 Å². The number of aryl methyl sites for hydroxylation is 1. The molecule has 1 N–H and O–H groups in total. The summed E-state index contributed by atoms with van der Waals surface area (Å²) in [5.74, 6) is 0.438. The van der Waals surface area contributed by atoms with E-state index in [1.54, 1.807) is 49.6 Å². The Balaban J connectivity index is 1.49. The lowest BCUT2D eigenvalue weighted by atomic mass is 9.95. The number of hydrogen-bond donors (Lipinski definition) is 1. The number of anilines is 1. The number of hydrogen-bond acceptors (Lipinski definition) is 10. The Hall–Kier alpha value is -4.35. The highest BCUT2D eigenvalue weighted by Crippen LogP contribution is 2.45. The summed E-state index contributed by atoms with van der Waals surface area (Å²) in [6.07, 6.45) is 6.21.